The zero-order valence-electron chi connectivity index (χ0n) is 15.4. The normalized spacial score (nSPS) is 11.1. The smallest absolute Gasteiger partial charge is 0.163 e. The third-order valence-corrected chi connectivity index (χ3v) is 4.50. The number of aliphatic carboxylic acids is 1. The molecule has 0 aliphatic heterocycles. The van der Waals surface area contributed by atoms with Gasteiger partial charge < -0.3 is 14.8 Å². The number of carboxylic acids is 1. The molecule has 27 heavy (non-hydrogen) atoms. The lowest BCUT2D eigenvalue weighted by Crippen LogP contribution is -2.34. The topological polar surface area (TPSA) is 69.2 Å². The number of rotatable bonds is 7. The average molecular weight is 383 g/mol. The number of benzene rings is 2. The molecule has 0 saturated carbocycles. The molecule has 0 atom stereocenters. The quantitative estimate of drug-likeness (QED) is 0.625. The SMILES string of the molecule is CC(C)CN(CCC(=O)[O-])c1nc(-c2ccccc2Cl)nc2ccccc12. The number of para-hydroxylation sites is 1. The second kappa shape index (κ2) is 8.35. The summed E-state index contributed by atoms with van der Waals surface area (Å²) in [6.07, 6.45) is -0.0630. The van der Waals surface area contributed by atoms with Crippen LogP contribution in [0.4, 0.5) is 5.82 Å². The van der Waals surface area contributed by atoms with Crippen LogP contribution < -0.4 is 10.0 Å². The van der Waals surface area contributed by atoms with Crippen molar-refractivity contribution in [3.63, 3.8) is 0 Å². The van der Waals surface area contributed by atoms with Crippen molar-refractivity contribution in [3.05, 3.63) is 53.6 Å². The number of carboxylic acid groups (broad SMARTS) is 1. The standard InChI is InChI=1S/C21H22ClN3O2/c1-14(2)13-25(12-11-19(26)27)21-16-8-4-6-10-18(16)23-20(24-21)15-7-3-5-9-17(15)22/h3-10,14H,11-13H2,1-2H3,(H,26,27)/p-1. The fourth-order valence-corrected chi connectivity index (χ4v) is 3.23. The summed E-state index contributed by atoms with van der Waals surface area (Å²) in [5.74, 6) is 0.500. The molecular weight excluding hydrogens is 362 g/mol. The maximum Gasteiger partial charge on any atom is 0.163 e. The molecule has 1 aromatic heterocycles. The number of nitrogens with zero attached hydrogens (tertiary/aromatic N) is 3. The van der Waals surface area contributed by atoms with Gasteiger partial charge in [-0.1, -0.05) is 49.7 Å². The van der Waals surface area contributed by atoms with Crippen molar-refractivity contribution >= 4 is 34.3 Å². The highest BCUT2D eigenvalue weighted by Gasteiger charge is 2.17. The van der Waals surface area contributed by atoms with Crippen molar-refractivity contribution in [2.45, 2.75) is 20.3 Å². The van der Waals surface area contributed by atoms with Crippen molar-refractivity contribution in [1.29, 1.82) is 0 Å². The molecule has 0 N–H and O–H groups in total. The number of halogens is 1. The highest BCUT2D eigenvalue weighted by Crippen LogP contribution is 2.31. The zero-order chi connectivity index (χ0) is 19.4. The molecule has 0 saturated heterocycles. The third-order valence-electron chi connectivity index (χ3n) is 4.17. The lowest BCUT2D eigenvalue weighted by molar-refractivity contribution is -0.305. The Labute approximate surface area is 163 Å². The van der Waals surface area contributed by atoms with E-state index in [0.29, 0.717) is 35.7 Å². The first-order valence-corrected chi connectivity index (χ1v) is 9.30. The molecule has 0 amide bonds. The number of aromatic nitrogens is 2. The summed E-state index contributed by atoms with van der Waals surface area (Å²) in [5, 5.41) is 12.5. The Morgan fingerprint density at radius 1 is 1.11 bits per heavy atom. The highest BCUT2D eigenvalue weighted by atomic mass is 35.5. The van der Waals surface area contributed by atoms with Gasteiger partial charge in [-0.05, 0) is 30.2 Å². The Hall–Kier alpha value is -2.66. The predicted octanol–water partition coefficient (Wildman–Crippen LogP) is 3.55. The van der Waals surface area contributed by atoms with Gasteiger partial charge in [0.15, 0.2) is 5.82 Å². The zero-order valence-corrected chi connectivity index (χ0v) is 16.1. The first kappa shape index (κ1) is 19.1. The summed E-state index contributed by atoms with van der Waals surface area (Å²) in [5.41, 5.74) is 1.54. The van der Waals surface area contributed by atoms with E-state index in [9.17, 15) is 9.90 Å². The first-order valence-electron chi connectivity index (χ1n) is 8.92. The van der Waals surface area contributed by atoms with Gasteiger partial charge in [-0.3, -0.25) is 0 Å². The van der Waals surface area contributed by atoms with E-state index in [0.717, 1.165) is 16.5 Å². The van der Waals surface area contributed by atoms with E-state index in [1.807, 2.05) is 47.4 Å². The molecule has 6 heteroatoms. The largest absolute Gasteiger partial charge is 0.550 e. The molecule has 0 aliphatic rings. The maximum atomic E-state index is 11.0. The minimum absolute atomic E-state index is 0.0630. The predicted molar refractivity (Wildman–Crippen MR) is 107 cm³/mol. The summed E-state index contributed by atoms with van der Waals surface area (Å²) in [4.78, 5) is 22.5. The number of carbonyl (C=O) groups excluding carboxylic acids is 1. The Morgan fingerprint density at radius 2 is 1.81 bits per heavy atom. The molecule has 3 rings (SSSR count). The van der Waals surface area contributed by atoms with Crippen LogP contribution in [0.25, 0.3) is 22.3 Å². The van der Waals surface area contributed by atoms with Crippen LogP contribution in [-0.2, 0) is 4.79 Å². The molecule has 3 aromatic rings. The number of carbonyl (C=O) groups is 1. The van der Waals surface area contributed by atoms with E-state index in [1.165, 1.54) is 0 Å². The molecule has 0 aliphatic carbocycles. The lowest BCUT2D eigenvalue weighted by Gasteiger charge is -2.27. The Morgan fingerprint density at radius 3 is 2.52 bits per heavy atom. The fourth-order valence-electron chi connectivity index (χ4n) is 3.01. The molecule has 140 valence electrons. The summed E-state index contributed by atoms with van der Waals surface area (Å²) in [6, 6.07) is 15.2. The summed E-state index contributed by atoms with van der Waals surface area (Å²) < 4.78 is 0. The number of fused-ring (bicyclic) bond motifs is 1. The fraction of sp³-hybridized carbons (Fsp3) is 0.286. The molecule has 5 nitrogen and oxygen atoms in total. The monoisotopic (exact) mass is 382 g/mol. The second-order valence-electron chi connectivity index (χ2n) is 6.83. The molecule has 0 radical (unpaired) electrons. The minimum atomic E-state index is -1.08. The van der Waals surface area contributed by atoms with Crippen LogP contribution in [0.15, 0.2) is 48.5 Å². The van der Waals surface area contributed by atoms with Gasteiger partial charge >= 0.3 is 0 Å². The number of hydrogen-bond acceptors (Lipinski definition) is 5. The molecule has 0 fully saturated rings. The minimum Gasteiger partial charge on any atom is -0.550 e. The summed E-state index contributed by atoms with van der Waals surface area (Å²) >= 11 is 6.35. The van der Waals surface area contributed by atoms with Crippen molar-refractivity contribution in [2.24, 2.45) is 5.92 Å². The van der Waals surface area contributed by atoms with Crippen LogP contribution in [-0.4, -0.2) is 29.0 Å². The van der Waals surface area contributed by atoms with Crippen LogP contribution >= 0.6 is 11.6 Å². The van der Waals surface area contributed by atoms with Crippen LogP contribution in [0.1, 0.15) is 20.3 Å². The van der Waals surface area contributed by atoms with Gasteiger partial charge in [-0.25, -0.2) is 9.97 Å². The number of hydrogen-bond donors (Lipinski definition) is 0. The Balaban J connectivity index is 2.16. The van der Waals surface area contributed by atoms with Crippen LogP contribution in [0.2, 0.25) is 5.02 Å². The van der Waals surface area contributed by atoms with Gasteiger partial charge in [0.25, 0.3) is 0 Å². The van der Waals surface area contributed by atoms with E-state index in [4.69, 9.17) is 16.6 Å². The summed E-state index contributed by atoms with van der Waals surface area (Å²) in [6.45, 7) is 5.18. The number of anilines is 1. The van der Waals surface area contributed by atoms with Gasteiger partial charge in [-0.15, -0.1) is 0 Å². The molecular formula is C21H21ClN3O2-. The molecule has 1 heterocycles. The molecule has 0 spiro atoms. The molecule has 0 bridgehead atoms. The van der Waals surface area contributed by atoms with Gasteiger partial charge in [0.2, 0.25) is 0 Å². The van der Waals surface area contributed by atoms with Gasteiger partial charge in [-0.2, -0.15) is 0 Å². The van der Waals surface area contributed by atoms with Crippen LogP contribution in [0, 0.1) is 5.92 Å². The van der Waals surface area contributed by atoms with E-state index in [-0.39, 0.29) is 6.42 Å². The molecule has 0 unspecified atom stereocenters. The van der Waals surface area contributed by atoms with E-state index < -0.39 is 5.97 Å². The summed E-state index contributed by atoms with van der Waals surface area (Å²) in [7, 11) is 0. The molecule has 2 aromatic carbocycles. The first-order chi connectivity index (χ1) is 13.0. The average Bonchev–Trinajstić information content (AvgIpc) is 2.64. The van der Waals surface area contributed by atoms with Crippen LogP contribution in [0.5, 0.6) is 0 Å². The van der Waals surface area contributed by atoms with E-state index >= 15 is 0 Å². The van der Waals surface area contributed by atoms with E-state index in [1.54, 1.807) is 6.07 Å². The van der Waals surface area contributed by atoms with Gasteiger partial charge in [0, 0.05) is 36.4 Å². The van der Waals surface area contributed by atoms with E-state index in [2.05, 4.69) is 18.8 Å². The second-order valence-corrected chi connectivity index (χ2v) is 7.24. The van der Waals surface area contributed by atoms with Crippen molar-refractivity contribution < 1.29 is 9.90 Å². The third kappa shape index (κ3) is 4.55. The van der Waals surface area contributed by atoms with Crippen LogP contribution in [0.3, 0.4) is 0 Å². The van der Waals surface area contributed by atoms with Crippen molar-refractivity contribution in [2.75, 3.05) is 18.0 Å². The van der Waals surface area contributed by atoms with Crippen molar-refractivity contribution in [3.8, 4) is 11.4 Å². The van der Waals surface area contributed by atoms with Gasteiger partial charge in [0.1, 0.15) is 5.82 Å². The van der Waals surface area contributed by atoms with Crippen molar-refractivity contribution in [1.82, 2.24) is 9.97 Å². The maximum absolute atomic E-state index is 11.0. The Bertz CT molecular complexity index is 959. The highest BCUT2D eigenvalue weighted by molar-refractivity contribution is 6.33. The Kier molecular flexibility index (Phi) is 5.91. The lowest BCUT2D eigenvalue weighted by atomic mass is 10.1. The van der Waals surface area contributed by atoms with Gasteiger partial charge in [0.05, 0.1) is 10.5 Å².